The molecule has 1 amide bonds. The molecule has 7 heteroatoms. The zero-order chi connectivity index (χ0) is 23.3. The fourth-order valence-electron chi connectivity index (χ4n) is 2.89. The van der Waals surface area contributed by atoms with Gasteiger partial charge in [0.2, 0.25) is 0 Å². The third kappa shape index (κ3) is 6.14. The molecule has 0 atom stereocenters. The molecule has 0 saturated heterocycles. The molecule has 1 N–H and O–H groups in total. The molecule has 0 bridgehead atoms. The zero-order valence-corrected chi connectivity index (χ0v) is 20.5. The lowest BCUT2D eigenvalue weighted by Gasteiger charge is -2.11. The van der Waals surface area contributed by atoms with Crippen molar-refractivity contribution in [3.63, 3.8) is 0 Å². The predicted octanol–water partition coefficient (Wildman–Crippen LogP) is 7.50. The van der Waals surface area contributed by atoms with E-state index in [1.807, 2.05) is 44.2 Å². The molecule has 0 fully saturated rings. The summed E-state index contributed by atoms with van der Waals surface area (Å²) in [5, 5.41) is 13.4. The van der Waals surface area contributed by atoms with Gasteiger partial charge in [-0.1, -0.05) is 47.5 Å². The third-order valence-corrected chi connectivity index (χ3v) is 5.88. The highest BCUT2D eigenvalue weighted by Crippen LogP contribution is 2.29. The van der Waals surface area contributed by atoms with E-state index in [2.05, 4.69) is 21.2 Å². The van der Waals surface area contributed by atoms with Crippen LogP contribution in [0.1, 0.15) is 22.3 Å². The van der Waals surface area contributed by atoms with Crippen molar-refractivity contribution in [2.75, 3.05) is 5.32 Å². The summed E-state index contributed by atoms with van der Waals surface area (Å²) < 4.78 is 6.53. The van der Waals surface area contributed by atoms with Crippen molar-refractivity contribution in [1.29, 1.82) is 5.26 Å². The van der Waals surface area contributed by atoms with Crippen molar-refractivity contribution in [2.24, 2.45) is 0 Å². The number of hydrogen-bond acceptors (Lipinski definition) is 3. The summed E-state index contributed by atoms with van der Waals surface area (Å²) in [5.74, 6) is 0.140. The number of ether oxygens (including phenoxy) is 1. The molecule has 32 heavy (non-hydrogen) atoms. The lowest BCUT2D eigenvalue weighted by molar-refractivity contribution is -0.112. The highest BCUT2D eigenvalue weighted by Gasteiger charge is 2.12. The Labute approximate surface area is 205 Å². The Bertz CT molecular complexity index is 1250. The van der Waals surface area contributed by atoms with Gasteiger partial charge in [-0.2, -0.15) is 5.26 Å². The molecule has 162 valence electrons. The number of nitrogens with zero attached hydrogens (tertiary/aromatic N) is 1. The van der Waals surface area contributed by atoms with Gasteiger partial charge in [0, 0.05) is 21.3 Å². The van der Waals surface area contributed by atoms with E-state index in [1.54, 1.807) is 30.3 Å². The normalized spacial score (nSPS) is 11.1. The van der Waals surface area contributed by atoms with Gasteiger partial charge >= 0.3 is 0 Å². The number of aryl methyl sites for hydroxylation is 2. The minimum atomic E-state index is -0.463. The molecule has 0 aromatic heterocycles. The molecule has 0 aliphatic carbocycles. The van der Waals surface area contributed by atoms with E-state index in [0.717, 1.165) is 16.7 Å². The van der Waals surface area contributed by atoms with Crippen LogP contribution in [0.4, 0.5) is 5.69 Å². The zero-order valence-electron chi connectivity index (χ0n) is 17.4. The maximum Gasteiger partial charge on any atom is 0.266 e. The first kappa shape index (κ1) is 23.9. The highest BCUT2D eigenvalue weighted by molar-refractivity contribution is 9.10. The molecule has 4 nitrogen and oxygen atoms in total. The smallest absolute Gasteiger partial charge is 0.266 e. The quantitative estimate of drug-likeness (QED) is 0.265. The maximum atomic E-state index is 12.6. The number of anilines is 1. The molecule has 3 aromatic carbocycles. The second kappa shape index (κ2) is 10.7. The molecule has 0 aliphatic heterocycles. The second-order valence-corrected chi connectivity index (χ2v) is 8.85. The van der Waals surface area contributed by atoms with Crippen molar-refractivity contribution >= 4 is 56.8 Å². The van der Waals surface area contributed by atoms with Gasteiger partial charge in [-0.05, 0) is 82.9 Å². The molecule has 0 aliphatic rings. The van der Waals surface area contributed by atoms with Gasteiger partial charge in [-0.3, -0.25) is 4.79 Å². The average Bonchev–Trinajstić information content (AvgIpc) is 2.75. The van der Waals surface area contributed by atoms with E-state index >= 15 is 0 Å². The third-order valence-electron chi connectivity index (χ3n) is 4.67. The van der Waals surface area contributed by atoms with Crippen molar-refractivity contribution in [2.45, 2.75) is 20.5 Å². The maximum absolute atomic E-state index is 12.6. The lowest BCUT2D eigenvalue weighted by atomic mass is 10.1. The van der Waals surface area contributed by atoms with E-state index < -0.39 is 5.91 Å². The SMILES string of the molecule is Cc1ccc(C)c(NC(=O)/C(C#N)=C/c2ccc(OCc3ccc(Cl)cc3Cl)c(Br)c2)c1. The van der Waals surface area contributed by atoms with Crippen LogP contribution in [0, 0.1) is 25.2 Å². The number of amides is 1. The molecule has 3 aromatic rings. The van der Waals surface area contributed by atoms with Gasteiger partial charge in [0.05, 0.1) is 4.47 Å². The van der Waals surface area contributed by atoms with E-state index in [-0.39, 0.29) is 12.2 Å². The molecule has 0 radical (unpaired) electrons. The Hall–Kier alpha value is -2.78. The number of nitrogens with one attached hydrogen (secondary N) is 1. The Balaban J connectivity index is 1.74. The van der Waals surface area contributed by atoms with Crippen molar-refractivity contribution in [1.82, 2.24) is 0 Å². The van der Waals surface area contributed by atoms with Gasteiger partial charge < -0.3 is 10.1 Å². The molecular weight excluding hydrogens is 511 g/mol. The lowest BCUT2D eigenvalue weighted by Crippen LogP contribution is -2.14. The van der Waals surface area contributed by atoms with Gasteiger partial charge in [-0.15, -0.1) is 0 Å². The second-order valence-electron chi connectivity index (χ2n) is 7.16. The summed E-state index contributed by atoms with van der Waals surface area (Å²) in [5.41, 5.74) is 4.11. The average molecular weight is 530 g/mol. The fourth-order valence-corrected chi connectivity index (χ4v) is 3.87. The number of carbonyl (C=O) groups excluding carboxylic acids is 1. The minimum absolute atomic E-state index is 0.000537. The van der Waals surface area contributed by atoms with Crippen molar-refractivity contribution in [3.05, 3.63) is 96.9 Å². The largest absolute Gasteiger partial charge is 0.488 e. The van der Waals surface area contributed by atoms with Gasteiger partial charge in [0.25, 0.3) is 5.91 Å². The van der Waals surface area contributed by atoms with Gasteiger partial charge in [0.1, 0.15) is 24.0 Å². The number of rotatable bonds is 6. The number of carbonyl (C=O) groups is 1. The Morgan fingerprint density at radius 2 is 1.91 bits per heavy atom. The first-order valence-corrected chi connectivity index (χ1v) is 11.2. The summed E-state index contributed by atoms with van der Waals surface area (Å²) in [6.45, 7) is 4.11. The number of benzene rings is 3. The van der Waals surface area contributed by atoms with Gasteiger partial charge in [-0.25, -0.2) is 0 Å². The van der Waals surface area contributed by atoms with E-state index in [9.17, 15) is 10.1 Å². The predicted molar refractivity (Wildman–Crippen MR) is 133 cm³/mol. The summed E-state index contributed by atoms with van der Waals surface area (Å²) >= 11 is 15.6. The number of halogens is 3. The number of hydrogen-bond donors (Lipinski definition) is 1. The summed E-state index contributed by atoms with van der Waals surface area (Å²) in [6, 6.07) is 18.3. The monoisotopic (exact) mass is 528 g/mol. The van der Waals surface area contributed by atoms with E-state index in [4.69, 9.17) is 27.9 Å². The van der Waals surface area contributed by atoms with Crippen LogP contribution >= 0.6 is 39.1 Å². The Morgan fingerprint density at radius 1 is 1.12 bits per heavy atom. The van der Waals surface area contributed by atoms with Crippen LogP contribution in [0.3, 0.4) is 0 Å². The molecular formula is C25H19BrCl2N2O2. The minimum Gasteiger partial charge on any atom is -0.488 e. The van der Waals surface area contributed by atoms with Crippen LogP contribution in [0.5, 0.6) is 5.75 Å². The molecule has 0 unspecified atom stereocenters. The molecule has 3 rings (SSSR count). The van der Waals surface area contributed by atoms with Gasteiger partial charge in [0.15, 0.2) is 0 Å². The standard InChI is InChI=1S/C25H19BrCl2N2O2/c1-15-3-4-16(2)23(9-15)30-25(31)19(13-29)10-17-5-8-24(21(26)11-17)32-14-18-6-7-20(27)12-22(18)28/h3-12H,14H2,1-2H3,(H,30,31)/b19-10+. The van der Waals surface area contributed by atoms with E-state index in [0.29, 0.717) is 31.5 Å². The molecule has 0 heterocycles. The first-order chi connectivity index (χ1) is 15.3. The van der Waals surface area contributed by atoms with Crippen LogP contribution in [-0.4, -0.2) is 5.91 Å². The first-order valence-electron chi connectivity index (χ1n) is 9.63. The highest BCUT2D eigenvalue weighted by atomic mass is 79.9. The summed E-state index contributed by atoms with van der Waals surface area (Å²) in [6.07, 6.45) is 1.53. The summed E-state index contributed by atoms with van der Waals surface area (Å²) in [4.78, 5) is 12.6. The van der Waals surface area contributed by atoms with Crippen LogP contribution in [-0.2, 0) is 11.4 Å². The summed E-state index contributed by atoms with van der Waals surface area (Å²) in [7, 11) is 0. The Kier molecular flexibility index (Phi) is 7.98. The topological polar surface area (TPSA) is 62.1 Å². The van der Waals surface area contributed by atoms with Crippen LogP contribution < -0.4 is 10.1 Å². The Morgan fingerprint density at radius 3 is 2.59 bits per heavy atom. The van der Waals surface area contributed by atoms with Crippen molar-refractivity contribution in [3.8, 4) is 11.8 Å². The fraction of sp³-hybridized carbons (Fsp3) is 0.120. The number of nitriles is 1. The van der Waals surface area contributed by atoms with E-state index in [1.165, 1.54) is 6.08 Å². The van der Waals surface area contributed by atoms with Crippen LogP contribution in [0.2, 0.25) is 10.0 Å². The molecule has 0 spiro atoms. The van der Waals surface area contributed by atoms with Crippen molar-refractivity contribution < 1.29 is 9.53 Å². The van der Waals surface area contributed by atoms with Crippen LogP contribution in [0.15, 0.2) is 64.6 Å². The molecule has 0 saturated carbocycles. The van der Waals surface area contributed by atoms with Crippen LogP contribution in [0.25, 0.3) is 6.08 Å².